The molecular formula is C22H18ClF2N9O2. The lowest BCUT2D eigenvalue weighted by Gasteiger charge is -2.16. The zero-order valence-electron chi connectivity index (χ0n) is 21.5. The monoisotopic (exact) mass is 516 g/mol. The first-order valence-corrected chi connectivity index (χ1v) is 10.7. The minimum Gasteiger partial charge on any atom is -0.324 e. The number of aromatic nitrogens is 8. The number of anilines is 2. The standard InChI is InChI=1S/C22H18ClF2N9O2/c1-31-8-13-6-18(15(23)7-17(13)29-31)27-20-28-21(35)34(10-19-26-11-32(2)30-19)22(36)33(20)9-12-5-14(24)3-4-16(12)25/h3-8,11H,9-10H2,1-2H3,(H,27,28,35)/i1D3. The molecule has 0 amide bonds. The van der Waals surface area contributed by atoms with Gasteiger partial charge in [-0.15, -0.1) is 0 Å². The number of benzene rings is 2. The number of nitrogens with one attached hydrogen (secondary N) is 1. The molecule has 0 saturated carbocycles. The van der Waals surface area contributed by atoms with Gasteiger partial charge in [0.05, 0.1) is 29.3 Å². The molecule has 36 heavy (non-hydrogen) atoms. The van der Waals surface area contributed by atoms with Crippen molar-refractivity contribution in [3.05, 3.63) is 91.9 Å². The van der Waals surface area contributed by atoms with Gasteiger partial charge in [-0.2, -0.15) is 15.2 Å². The molecule has 5 rings (SSSR count). The molecule has 0 aliphatic rings. The third-order valence-corrected chi connectivity index (χ3v) is 5.59. The maximum atomic E-state index is 14.5. The van der Waals surface area contributed by atoms with Crippen molar-refractivity contribution in [2.75, 3.05) is 5.32 Å². The summed E-state index contributed by atoms with van der Waals surface area (Å²) in [6, 6.07) is 5.61. The summed E-state index contributed by atoms with van der Waals surface area (Å²) in [4.78, 5) is 34.3. The van der Waals surface area contributed by atoms with E-state index in [1.807, 2.05) is 0 Å². The van der Waals surface area contributed by atoms with E-state index in [1.165, 1.54) is 29.3 Å². The number of hydrogen-bond acceptors (Lipinski definition) is 7. The van der Waals surface area contributed by atoms with Crippen LogP contribution in [0.25, 0.3) is 10.9 Å². The molecule has 0 bridgehead atoms. The molecule has 0 atom stereocenters. The summed E-state index contributed by atoms with van der Waals surface area (Å²) in [5.74, 6) is -1.67. The van der Waals surface area contributed by atoms with Gasteiger partial charge in [0.1, 0.15) is 18.0 Å². The van der Waals surface area contributed by atoms with Crippen molar-refractivity contribution in [2.24, 2.45) is 14.0 Å². The van der Waals surface area contributed by atoms with Crippen molar-refractivity contribution in [1.29, 1.82) is 0 Å². The number of halogens is 3. The summed E-state index contributed by atoms with van der Waals surface area (Å²) in [5.41, 5.74) is -1.60. The van der Waals surface area contributed by atoms with Crippen LogP contribution in [0.2, 0.25) is 5.02 Å². The van der Waals surface area contributed by atoms with E-state index in [0.29, 0.717) is 5.39 Å². The SMILES string of the molecule is [2H]C([2H])([2H])n1cc2cc(Nc3nc(=O)n(Cc4ncn(C)n4)c(=O)n3Cc3cc(F)ccc3F)c(Cl)cc2n1. The van der Waals surface area contributed by atoms with Gasteiger partial charge in [0.2, 0.25) is 5.95 Å². The number of fused-ring (bicyclic) bond motifs is 1. The highest BCUT2D eigenvalue weighted by molar-refractivity contribution is 6.34. The zero-order chi connectivity index (χ0) is 28.1. The average Bonchev–Trinajstić information content (AvgIpc) is 3.47. The van der Waals surface area contributed by atoms with E-state index in [1.54, 1.807) is 7.05 Å². The van der Waals surface area contributed by atoms with Gasteiger partial charge in [-0.3, -0.25) is 13.9 Å². The van der Waals surface area contributed by atoms with Crippen LogP contribution >= 0.6 is 11.6 Å². The van der Waals surface area contributed by atoms with Crippen LogP contribution in [-0.2, 0) is 27.1 Å². The fourth-order valence-electron chi connectivity index (χ4n) is 3.60. The average molecular weight is 517 g/mol. The molecular weight excluding hydrogens is 496 g/mol. The first-order valence-electron chi connectivity index (χ1n) is 11.9. The number of rotatable bonds is 6. The van der Waals surface area contributed by atoms with Gasteiger partial charge in [0.25, 0.3) is 0 Å². The Hall–Kier alpha value is -4.39. The topological polar surface area (TPSA) is 117 Å². The summed E-state index contributed by atoms with van der Waals surface area (Å²) in [7, 11) is 1.61. The fourth-order valence-corrected chi connectivity index (χ4v) is 3.80. The Bertz CT molecular complexity index is 1850. The predicted molar refractivity (Wildman–Crippen MR) is 127 cm³/mol. The van der Waals surface area contributed by atoms with Crippen molar-refractivity contribution in [3.63, 3.8) is 0 Å². The largest absolute Gasteiger partial charge is 0.355 e. The predicted octanol–water partition coefficient (Wildman–Crippen LogP) is 2.19. The van der Waals surface area contributed by atoms with E-state index in [-0.39, 0.29) is 40.1 Å². The van der Waals surface area contributed by atoms with E-state index in [4.69, 9.17) is 15.7 Å². The number of aryl methyl sites for hydroxylation is 2. The molecule has 184 valence electrons. The Morgan fingerprint density at radius 2 is 1.92 bits per heavy atom. The van der Waals surface area contributed by atoms with E-state index in [2.05, 4.69) is 25.5 Å². The second kappa shape index (κ2) is 9.00. The molecule has 2 aromatic carbocycles. The lowest BCUT2D eigenvalue weighted by Crippen LogP contribution is -2.43. The molecule has 14 heteroatoms. The highest BCUT2D eigenvalue weighted by Crippen LogP contribution is 2.29. The van der Waals surface area contributed by atoms with Gasteiger partial charge in [0, 0.05) is 35.3 Å². The Morgan fingerprint density at radius 1 is 1.08 bits per heavy atom. The summed E-state index contributed by atoms with van der Waals surface area (Å²) in [6.07, 6.45) is 2.67. The van der Waals surface area contributed by atoms with Gasteiger partial charge in [0.15, 0.2) is 5.82 Å². The minimum absolute atomic E-state index is 0.0675. The lowest BCUT2D eigenvalue weighted by molar-refractivity contribution is 0.546. The summed E-state index contributed by atoms with van der Waals surface area (Å²) < 4.78 is 54.9. The normalized spacial score (nSPS) is 12.9. The van der Waals surface area contributed by atoms with Crippen LogP contribution in [0.1, 0.15) is 15.5 Å². The molecule has 0 spiro atoms. The third kappa shape index (κ3) is 4.47. The summed E-state index contributed by atoms with van der Waals surface area (Å²) >= 11 is 6.38. The molecule has 0 saturated heterocycles. The van der Waals surface area contributed by atoms with Gasteiger partial charge >= 0.3 is 11.4 Å². The molecule has 0 unspecified atom stereocenters. The molecule has 0 radical (unpaired) electrons. The first kappa shape index (κ1) is 19.9. The van der Waals surface area contributed by atoms with E-state index >= 15 is 0 Å². The highest BCUT2D eigenvalue weighted by atomic mass is 35.5. The Kier molecular flexibility index (Phi) is 4.97. The van der Waals surface area contributed by atoms with E-state index < -0.39 is 36.5 Å². The Balaban J connectivity index is 1.62. The van der Waals surface area contributed by atoms with Gasteiger partial charge in [-0.1, -0.05) is 11.6 Å². The highest BCUT2D eigenvalue weighted by Gasteiger charge is 2.18. The second-order valence-corrected chi connectivity index (χ2v) is 8.24. The molecule has 0 aliphatic heterocycles. The van der Waals surface area contributed by atoms with Crippen molar-refractivity contribution in [3.8, 4) is 0 Å². The molecule has 3 aromatic heterocycles. The fraction of sp³-hybridized carbons (Fsp3) is 0.182. The van der Waals surface area contributed by atoms with Crippen LogP contribution in [0, 0.1) is 11.6 Å². The Labute approximate surface area is 210 Å². The number of nitrogens with zero attached hydrogens (tertiary/aromatic N) is 8. The van der Waals surface area contributed by atoms with Crippen LogP contribution in [0.4, 0.5) is 20.4 Å². The maximum absolute atomic E-state index is 14.5. The number of hydrogen-bond donors (Lipinski definition) is 1. The molecule has 5 aromatic rings. The molecule has 11 nitrogen and oxygen atoms in total. The van der Waals surface area contributed by atoms with Crippen molar-refractivity contribution in [1.82, 2.24) is 38.7 Å². The molecule has 0 aliphatic carbocycles. The molecule has 3 heterocycles. The summed E-state index contributed by atoms with van der Waals surface area (Å²) in [6.45, 7) is -3.34. The van der Waals surface area contributed by atoms with Gasteiger partial charge < -0.3 is 5.32 Å². The maximum Gasteiger partial charge on any atom is 0.355 e. The second-order valence-electron chi connectivity index (χ2n) is 7.83. The quantitative estimate of drug-likeness (QED) is 0.367. The molecule has 0 fully saturated rings. The van der Waals surface area contributed by atoms with Gasteiger partial charge in [-0.05, 0) is 30.3 Å². The smallest absolute Gasteiger partial charge is 0.324 e. The van der Waals surface area contributed by atoms with Crippen LogP contribution in [0.5, 0.6) is 0 Å². The minimum atomic E-state index is -2.52. The first-order chi connectivity index (χ1) is 18.4. The molecule has 1 N–H and O–H groups in total. The summed E-state index contributed by atoms with van der Waals surface area (Å²) in [5, 5.41) is 11.3. The van der Waals surface area contributed by atoms with Crippen molar-refractivity contribution < 1.29 is 12.9 Å². The third-order valence-electron chi connectivity index (χ3n) is 5.27. The lowest BCUT2D eigenvalue weighted by atomic mass is 10.2. The zero-order valence-corrected chi connectivity index (χ0v) is 19.2. The van der Waals surface area contributed by atoms with Gasteiger partial charge in [-0.25, -0.2) is 27.9 Å². The van der Waals surface area contributed by atoms with E-state index in [9.17, 15) is 18.4 Å². The Morgan fingerprint density at radius 3 is 2.67 bits per heavy atom. The van der Waals surface area contributed by atoms with Crippen molar-refractivity contribution >= 4 is 34.1 Å². The van der Waals surface area contributed by atoms with Crippen LogP contribution < -0.4 is 16.7 Å². The van der Waals surface area contributed by atoms with E-state index in [0.717, 1.165) is 32.0 Å². The van der Waals surface area contributed by atoms with Crippen LogP contribution in [0.15, 0.2) is 52.4 Å². The van der Waals surface area contributed by atoms with Crippen LogP contribution in [-0.4, -0.2) is 38.7 Å². The van der Waals surface area contributed by atoms with Crippen molar-refractivity contribution in [2.45, 2.75) is 13.1 Å². The van der Waals surface area contributed by atoms with Crippen LogP contribution in [0.3, 0.4) is 0 Å².